The molecule has 0 spiro atoms. The largest absolute Gasteiger partial charge is 0.287 e. The lowest BCUT2D eigenvalue weighted by Gasteiger charge is -2.37. The molecule has 106 valence electrons. The lowest BCUT2D eigenvalue weighted by atomic mass is 9.70. The Labute approximate surface area is 124 Å². The van der Waals surface area contributed by atoms with Crippen molar-refractivity contribution in [2.75, 3.05) is 0 Å². The molecule has 1 aliphatic rings. The van der Waals surface area contributed by atoms with Crippen molar-refractivity contribution < 1.29 is 0 Å². The summed E-state index contributed by atoms with van der Waals surface area (Å²) in [5, 5.41) is 0.631. The number of hydrogen-bond acceptors (Lipinski definition) is 4. The molecule has 20 heavy (non-hydrogen) atoms. The molecule has 2 atom stereocenters. The number of allylic oxidation sites excluding steroid dienone is 2. The van der Waals surface area contributed by atoms with Crippen LogP contribution < -0.4 is 0 Å². The van der Waals surface area contributed by atoms with Crippen molar-refractivity contribution >= 4 is 29.5 Å². The Morgan fingerprint density at radius 2 is 2.10 bits per heavy atom. The van der Waals surface area contributed by atoms with Crippen molar-refractivity contribution in [3.8, 4) is 0 Å². The third-order valence-corrected chi connectivity index (χ3v) is 5.34. The van der Waals surface area contributed by atoms with Gasteiger partial charge < -0.3 is 0 Å². The molecule has 0 aliphatic heterocycles. The monoisotopic (exact) mass is 288 g/mol. The predicted octanol–water partition coefficient (Wildman–Crippen LogP) is 3.66. The van der Waals surface area contributed by atoms with Crippen LogP contribution in [0.3, 0.4) is 0 Å². The van der Waals surface area contributed by atoms with Gasteiger partial charge in [0.2, 0.25) is 0 Å². The molecular weight excluding hydrogens is 268 g/mol. The summed E-state index contributed by atoms with van der Waals surface area (Å²) in [4.78, 5) is 12.9. The van der Waals surface area contributed by atoms with Gasteiger partial charge in [0, 0.05) is 11.1 Å². The van der Waals surface area contributed by atoms with Crippen molar-refractivity contribution in [1.29, 1.82) is 0 Å². The third kappa shape index (κ3) is 1.72. The van der Waals surface area contributed by atoms with Crippen LogP contribution in [0.25, 0.3) is 16.9 Å². The summed E-state index contributed by atoms with van der Waals surface area (Å²) in [6.07, 6.45) is 6.83. The molecule has 0 bridgehead atoms. The Hall–Kier alpha value is -1.36. The van der Waals surface area contributed by atoms with Crippen molar-refractivity contribution in [1.82, 2.24) is 19.5 Å². The number of hydrogen-bond donors (Lipinski definition) is 1. The molecule has 2 heterocycles. The predicted molar refractivity (Wildman–Crippen MR) is 83.6 cm³/mol. The number of aromatic nitrogens is 4. The van der Waals surface area contributed by atoms with Gasteiger partial charge in [-0.05, 0) is 18.3 Å². The van der Waals surface area contributed by atoms with E-state index >= 15 is 0 Å². The Balaban J connectivity index is 2.19. The maximum atomic E-state index is 4.43. The van der Waals surface area contributed by atoms with Crippen LogP contribution in [0.15, 0.2) is 23.8 Å². The van der Waals surface area contributed by atoms with Crippen LogP contribution in [0.1, 0.15) is 34.1 Å². The van der Waals surface area contributed by atoms with E-state index in [2.05, 4.69) is 65.9 Å². The molecule has 2 aromatic heterocycles. The average molecular weight is 288 g/mol. The van der Waals surface area contributed by atoms with Gasteiger partial charge in [0.05, 0.1) is 0 Å². The highest BCUT2D eigenvalue weighted by Crippen LogP contribution is 2.51. The summed E-state index contributed by atoms with van der Waals surface area (Å²) in [5.74, 6) is 1.17. The van der Waals surface area contributed by atoms with Crippen LogP contribution >= 0.6 is 12.6 Å². The zero-order valence-electron chi connectivity index (χ0n) is 12.3. The standard InChI is InChI=1S/C15H20N4S/c1-9(2)15(4)10(3)5-6-11(15)19-8-18-12-13(19)16-7-17-14(12)20/h6-10H,5H2,1-4H3,(H,16,17,20)/t10?,15-/m0/s1. The number of nitrogens with zero attached hydrogens (tertiary/aromatic N) is 4. The van der Waals surface area contributed by atoms with Crippen molar-refractivity contribution in [3.63, 3.8) is 0 Å². The summed E-state index contributed by atoms with van der Waals surface area (Å²) in [7, 11) is 0. The topological polar surface area (TPSA) is 43.6 Å². The molecule has 2 aromatic rings. The van der Waals surface area contributed by atoms with Crippen molar-refractivity contribution in [2.45, 2.75) is 39.1 Å². The first-order valence-corrected chi connectivity index (χ1v) is 7.49. The normalized spacial score (nSPS) is 26.5. The minimum Gasteiger partial charge on any atom is -0.287 e. The molecule has 0 saturated carbocycles. The average Bonchev–Trinajstić information content (AvgIpc) is 2.94. The van der Waals surface area contributed by atoms with Crippen LogP contribution in [0, 0.1) is 17.3 Å². The highest BCUT2D eigenvalue weighted by atomic mass is 32.1. The van der Waals surface area contributed by atoms with Crippen LogP contribution in [0.2, 0.25) is 0 Å². The van der Waals surface area contributed by atoms with Crippen LogP contribution in [-0.4, -0.2) is 19.5 Å². The smallest absolute Gasteiger partial charge is 0.168 e. The fourth-order valence-corrected chi connectivity index (χ4v) is 3.44. The first kappa shape index (κ1) is 13.6. The van der Waals surface area contributed by atoms with Crippen LogP contribution in [0.4, 0.5) is 0 Å². The SMILES string of the molecule is CC(C)[C@]1(C)C(n2cnc3c(S)ncnc32)=CCC1C. The number of thiol groups is 1. The van der Waals surface area contributed by atoms with Crippen molar-refractivity contribution in [2.24, 2.45) is 17.3 Å². The maximum Gasteiger partial charge on any atom is 0.168 e. The second-order valence-corrected chi connectivity index (χ2v) is 6.57. The van der Waals surface area contributed by atoms with E-state index in [0.717, 1.165) is 17.6 Å². The Morgan fingerprint density at radius 3 is 2.80 bits per heavy atom. The van der Waals surface area contributed by atoms with E-state index in [9.17, 15) is 0 Å². The third-order valence-electron chi connectivity index (χ3n) is 5.01. The fourth-order valence-electron chi connectivity index (χ4n) is 3.23. The molecule has 0 aromatic carbocycles. The van der Waals surface area contributed by atoms with Gasteiger partial charge in [-0.2, -0.15) is 0 Å². The minimum absolute atomic E-state index is 0.134. The highest BCUT2D eigenvalue weighted by Gasteiger charge is 2.42. The van der Waals surface area contributed by atoms with Gasteiger partial charge in [0.1, 0.15) is 23.2 Å². The zero-order chi connectivity index (χ0) is 14.5. The molecule has 0 amide bonds. The summed E-state index contributed by atoms with van der Waals surface area (Å²) >= 11 is 4.36. The number of fused-ring (bicyclic) bond motifs is 1. The van der Waals surface area contributed by atoms with Gasteiger partial charge in [0.15, 0.2) is 5.65 Å². The zero-order valence-corrected chi connectivity index (χ0v) is 13.2. The fraction of sp³-hybridized carbons (Fsp3) is 0.533. The van der Waals surface area contributed by atoms with Gasteiger partial charge >= 0.3 is 0 Å². The van der Waals surface area contributed by atoms with E-state index in [-0.39, 0.29) is 5.41 Å². The molecule has 4 nitrogen and oxygen atoms in total. The Bertz CT molecular complexity index is 688. The molecule has 0 radical (unpaired) electrons. The quantitative estimate of drug-likeness (QED) is 0.677. The van der Waals surface area contributed by atoms with Crippen LogP contribution in [0.5, 0.6) is 0 Å². The van der Waals surface area contributed by atoms with E-state index in [1.54, 1.807) is 6.33 Å². The molecule has 1 aliphatic carbocycles. The first-order chi connectivity index (χ1) is 9.46. The second kappa shape index (κ2) is 4.58. The summed E-state index contributed by atoms with van der Waals surface area (Å²) in [6, 6.07) is 0. The van der Waals surface area contributed by atoms with Crippen LogP contribution in [-0.2, 0) is 0 Å². The number of rotatable bonds is 2. The lowest BCUT2D eigenvalue weighted by Crippen LogP contribution is -2.30. The van der Waals surface area contributed by atoms with Gasteiger partial charge in [-0.1, -0.05) is 33.8 Å². The summed E-state index contributed by atoms with van der Waals surface area (Å²) in [6.45, 7) is 9.24. The molecule has 3 rings (SSSR count). The molecule has 0 N–H and O–H groups in total. The second-order valence-electron chi connectivity index (χ2n) is 6.15. The Kier molecular flexibility index (Phi) is 3.12. The van der Waals surface area contributed by atoms with Gasteiger partial charge in [-0.3, -0.25) is 4.57 Å². The van der Waals surface area contributed by atoms with E-state index in [1.807, 2.05) is 6.33 Å². The number of imidazole rings is 1. The van der Waals surface area contributed by atoms with Gasteiger partial charge in [-0.25, -0.2) is 15.0 Å². The summed E-state index contributed by atoms with van der Waals surface area (Å²) < 4.78 is 2.11. The molecule has 1 unspecified atom stereocenters. The molecule has 5 heteroatoms. The van der Waals surface area contributed by atoms with E-state index in [0.29, 0.717) is 16.9 Å². The van der Waals surface area contributed by atoms with E-state index in [1.165, 1.54) is 5.70 Å². The lowest BCUT2D eigenvalue weighted by molar-refractivity contribution is 0.215. The molecule has 0 saturated heterocycles. The van der Waals surface area contributed by atoms with Crippen molar-refractivity contribution in [3.05, 3.63) is 18.7 Å². The Morgan fingerprint density at radius 1 is 1.35 bits per heavy atom. The molecular formula is C15H20N4S. The minimum atomic E-state index is 0.134. The van der Waals surface area contributed by atoms with Gasteiger partial charge in [-0.15, -0.1) is 12.6 Å². The van der Waals surface area contributed by atoms with E-state index in [4.69, 9.17) is 0 Å². The van der Waals surface area contributed by atoms with Gasteiger partial charge in [0.25, 0.3) is 0 Å². The first-order valence-electron chi connectivity index (χ1n) is 7.04. The molecule has 0 fully saturated rings. The van der Waals surface area contributed by atoms with E-state index < -0.39 is 0 Å². The highest BCUT2D eigenvalue weighted by molar-refractivity contribution is 7.80. The maximum absolute atomic E-state index is 4.43. The summed E-state index contributed by atoms with van der Waals surface area (Å²) in [5.41, 5.74) is 3.04.